The number of ether oxygens (including phenoxy) is 2. The molecule has 1 heterocycles. The van der Waals surface area contributed by atoms with Crippen molar-refractivity contribution in [1.82, 2.24) is 0 Å². The molecule has 8 nitrogen and oxygen atoms in total. The van der Waals surface area contributed by atoms with Crippen molar-refractivity contribution in [3.05, 3.63) is 63.5 Å². The Morgan fingerprint density at radius 3 is 2.67 bits per heavy atom. The fourth-order valence-corrected chi connectivity index (χ4v) is 3.33. The van der Waals surface area contributed by atoms with Crippen LogP contribution in [0.3, 0.4) is 0 Å². The number of hydrogen-bond donors (Lipinski definition) is 1. The number of rotatable bonds is 6. The lowest BCUT2D eigenvalue weighted by molar-refractivity contribution is -0.384. The Kier molecular flexibility index (Phi) is 5.32. The van der Waals surface area contributed by atoms with E-state index in [0.29, 0.717) is 4.88 Å². The van der Waals surface area contributed by atoms with Gasteiger partial charge in [0.25, 0.3) is 11.6 Å². The predicted molar refractivity (Wildman–Crippen MR) is 100 cm³/mol. The normalized spacial score (nSPS) is 10.4. The van der Waals surface area contributed by atoms with Crippen LogP contribution in [0, 0.1) is 10.1 Å². The van der Waals surface area contributed by atoms with Gasteiger partial charge in [0.2, 0.25) is 0 Å². The van der Waals surface area contributed by atoms with E-state index < -0.39 is 23.4 Å². The van der Waals surface area contributed by atoms with E-state index in [1.807, 2.05) is 24.3 Å². The van der Waals surface area contributed by atoms with Gasteiger partial charge >= 0.3 is 5.97 Å². The van der Waals surface area contributed by atoms with Crippen molar-refractivity contribution in [3.63, 3.8) is 0 Å². The second-order valence-corrected chi connectivity index (χ2v) is 6.50. The summed E-state index contributed by atoms with van der Waals surface area (Å²) in [6.45, 7) is -0.529. The summed E-state index contributed by atoms with van der Waals surface area (Å²) < 4.78 is 11.0. The molecule has 0 radical (unpaired) electrons. The number of fused-ring (bicyclic) bond motifs is 1. The molecular weight excluding hydrogens is 372 g/mol. The largest absolute Gasteiger partial charge is 0.495 e. The molecule has 3 aromatic rings. The third-order valence-corrected chi connectivity index (χ3v) is 4.73. The number of hydrogen-bond acceptors (Lipinski definition) is 7. The third-order valence-electron chi connectivity index (χ3n) is 3.63. The molecule has 0 saturated heterocycles. The van der Waals surface area contributed by atoms with Gasteiger partial charge in [-0.1, -0.05) is 18.2 Å². The molecule has 9 heteroatoms. The minimum atomic E-state index is -0.636. The molecular formula is C18H14N2O6S. The highest BCUT2D eigenvalue weighted by Gasteiger charge is 2.16. The monoisotopic (exact) mass is 386 g/mol. The Bertz CT molecular complexity index is 997. The van der Waals surface area contributed by atoms with Crippen LogP contribution in [0.25, 0.3) is 10.1 Å². The van der Waals surface area contributed by atoms with Crippen LogP contribution in [-0.2, 0) is 9.53 Å². The van der Waals surface area contributed by atoms with E-state index in [1.165, 1.54) is 36.6 Å². The van der Waals surface area contributed by atoms with Gasteiger partial charge in [0, 0.05) is 16.8 Å². The smallest absolute Gasteiger partial charge is 0.348 e. The maximum Gasteiger partial charge on any atom is 0.348 e. The first-order chi connectivity index (χ1) is 13.0. The highest BCUT2D eigenvalue weighted by Crippen LogP contribution is 2.29. The van der Waals surface area contributed by atoms with Gasteiger partial charge in [-0.05, 0) is 23.6 Å². The van der Waals surface area contributed by atoms with Crippen molar-refractivity contribution in [1.29, 1.82) is 0 Å². The zero-order valence-corrected chi connectivity index (χ0v) is 14.9. The SMILES string of the molecule is COc1ccc([N+](=O)[O-])cc1NC(=O)COC(=O)c1cc2ccccc2s1. The first-order valence-electron chi connectivity index (χ1n) is 7.76. The first kappa shape index (κ1) is 18.3. The summed E-state index contributed by atoms with van der Waals surface area (Å²) in [6.07, 6.45) is 0. The Morgan fingerprint density at radius 2 is 1.96 bits per heavy atom. The number of benzene rings is 2. The molecule has 0 bridgehead atoms. The maximum absolute atomic E-state index is 12.1. The number of non-ortho nitro benzene ring substituents is 1. The molecule has 0 aliphatic heterocycles. The number of nitrogens with one attached hydrogen (secondary N) is 1. The zero-order chi connectivity index (χ0) is 19.4. The van der Waals surface area contributed by atoms with Crippen LogP contribution in [-0.4, -0.2) is 30.5 Å². The number of methoxy groups -OCH3 is 1. The Balaban J connectivity index is 1.65. The summed E-state index contributed by atoms with van der Waals surface area (Å²) in [7, 11) is 1.37. The first-order valence-corrected chi connectivity index (χ1v) is 8.57. The van der Waals surface area contributed by atoms with Gasteiger partial charge in [-0.3, -0.25) is 14.9 Å². The van der Waals surface area contributed by atoms with E-state index in [2.05, 4.69) is 5.32 Å². The number of nitrogens with zero attached hydrogens (tertiary/aromatic N) is 1. The second kappa shape index (κ2) is 7.83. The van der Waals surface area contributed by atoms with Crippen LogP contribution in [0.1, 0.15) is 9.67 Å². The number of nitro benzene ring substituents is 1. The molecule has 0 atom stereocenters. The third kappa shape index (κ3) is 4.21. The Labute approximate surface area is 157 Å². The average Bonchev–Trinajstić information content (AvgIpc) is 3.10. The molecule has 0 aliphatic carbocycles. The van der Waals surface area contributed by atoms with Crippen LogP contribution in [0.2, 0.25) is 0 Å². The van der Waals surface area contributed by atoms with Crippen LogP contribution in [0.4, 0.5) is 11.4 Å². The maximum atomic E-state index is 12.1. The van der Waals surface area contributed by atoms with Gasteiger partial charge in [-0.2, -0.15) is 0 Å². The van der Waals surface area contributed by atoms with Crippen molar-refractivity contribution >= 4 is 44.7 Å². The van der Waals surface area contributed by atoms with E-state index in [-0.39, 0.29) is 17.1 Å². The van der Waals surface area contributed by atoms with Crippen LogP contribution in [0.5, 0.6) is 5.75 Å². The lowest BCUT2D eigenvalue weighted by atomic mass is 10.2. The molecule has 138 valence electrons. The molecule has 0 saturated carbocycles. The van der Waals surface area contributed by atoms with Gasteiger partial charge < -0.3 is 14.8 Å². The van der Waals surface area contributed by atoms with Crippen LogP contribution >= 0.6 is 11.3 Å². The summed E-state index contributed by atoms with van der Waals surface area (Å²) in [5, 5.41) is 14.2. The Hall–Kier alpha value is -3.46. The highest BCUT2D eigenvalue weighted by atomic mass is 32.1. The van der Waals surface area contributed by atoms with Gasteiger partial charge in [0.05, 0.1) is 17.7 Å². The molecule has 27 heavy (non-hydrogen) atoms. The van der Waals surface area contributed by atoms with Gasteiger partial charge in [-0.15, -0.1) is 11.3 Å². The van der Waals surface area contributed by atoms with E-state index in [4.69, 9.17) is 9.47 Å². The topological polar surface area (TPSA) is 108 Å². The standard InChI is InChI=1S/C18H14N2O6S/c1-25-14-7-6-12(20(23)24)9-13(14)19-17(21)10-26-18(22)16-8-11-4-2-3-5-15(11)27-16/h2-9H,10H2,1H3,(H,19,21). The fraction of sp³-hybridized carbons (Fsp3) is 0.111. The molecule has 1 N–H and O–H groups in total. The highest BCUT2D eigenvalue weighted by molar-refractivity contribution is 7.20. The number of carbonyl (C=O) groups excluding carboxylic acids is 2. The number of nitro groups is 1. The summed E-state index contributed by atoms with van der Waals surface area (Å²) in [5.41, 5.74) is -0.0806. The number of anilines is 1. The predicted octanol–water partition coefficient (Wildman–Crippen LogP) is 3.61. The zero-order valence-electron chi connectivity index (χ0n) is 14.1. The summed E-state index contributed by atoms with van der Waals surface area (Å²) >= 11 is 1.27. The average molecular weight is 386 g/mol. The quantitative estimate of drug-likeness (QED) is 0.394. The Morgan fingerprint density at radius 1 is 1.19 bits per heavy atom. The number of amides is 1. The lowest BCUT2D eigenvalue weighted by Gasteiger charge is -2.10. The molecule has 0 unspecified atom stereocenters. The number of esters is 1. The molecule has 3 rings (SSSR count). The minimum absolute atomic E-state index is 0.120. The second-order valence-electron chi connectivity index (χ2n) is 5.41. The van der Waals surface area contributed by atoms with Gasteiger partial charge in [0.15, 0.2) is 6.61 Å². The van der Waals surface area contributed by atoms with E-state index >= 15 is 0 Å². The summed E-state index contributed by atoms with van der Waals surface area (Å²) in [5.74, 6) is -0.995. The van der Waals surface area contributed by atoms with Gasteiger partial charge in [0.1, 0.15) is 10.6 Å². The molecule has 0 fully saturated rings. The van der Waals surface area contributed by atoms with Crippen LogP contribution < -0.4 is 10.1 Å². The van der Waals surface area contributed by atoms with E-state index in [0.717, 1.165) is 10.1 Å². The van der Waals surface area contributed by atoms with Crippen molar-refractivity contribution in [2.75, 3.05) is 19.0 Å². The van der Waals surface area contributed by atoms with Crippen molar-refractivity contribution in [3.8, 4) is 5.75 Å². The van der Waals surface area contributed by atoms with Crippen molar-refractivity contribution in [2.24, 2.45) is 0 Å². The molecule has 0 aliphatic rings. The number of thiophene rings is 1. The lowest BCUT2D eigenvalue weighted by Crippen LogP contribution is -2.21. The number of carbonyl (C=O) groups is 2. The van der Waals surface area contributed by atoms with Crippen LogP contribution in [0.15, 0.2) is 48.5 Å². The van der Waals surface area contributed by atoms with Crippen molar-refractivity contribution < 1.29 is 24.0 Å². The van der Waals surface area contributed by atoms with Gasteiger partial charge in [-0.25, -0.2) is 4.79 Å². The molecule has 2 aromatic carbocycles. The molecule has 1 amide bonds. The minimum Gasteiger partial charge on any atom is -0.495 e. The van der Waals surface area contributed by atoms with Crippen molar-refractivity contribution in [2.45, 2.75) is 0 Å². The van der Waals surface area contributed by atoms with E-state index in [9.17, 15) is 19.7 Å². The summed E-state index contributed by atoms with van der Waals surface area (Å²) in [4.78, 5) is 34.9. The van der Waals surface area contributed by atoms with E-state index in [1.54, 1.807) is 6.07 Å². The molecule has 0 spiro atoms. The molecule has 1 aromatic heterocycles. The fourth-order valence-electron chi connectivity index (χ4n) is 2.38. The summed E-state index contributed by atoms with van der Waals surface area (Å²) in [6, 6.07) is 13.0.